The number of guanidine groups is 1. The molecule has 0 aliphatic rings. The molecule has 2 amide bonds. The first-order chi connectivity index (χ1) is 26.6. The third kappa shape index (κ3) is 8.33. The number of hydrogen-bond acceptors (Lipinski definition) is 5. The Bertz CT molecular complexity index is 2280. The summed E-state index contributed by atoms with van der Waals surface area (Å²) in [7, 11) is 0. The quantitative estimate of drug-likeness (QED) is 0.0805. The van der Waals surface area contributed by atoms with Crippen molar-refractivity contribution in [1.29, 1.82) is 0 Å². The van der Waals surface area contributed by atoms with Crippen LogP contribution in [0.1, 0.15) is 47.9 Å². The van der Waals surface area contributed by atoms with E-state index in [-0.39, 0.29) is 37.9 Å². The normalized spacial score (nSPS) is 12.2. The summed E-state index contributed by atoms with van der Waals surface area (Å²) in [5, 5.41) is 0. The monoisotopic (exact) mass is 736 g/mol. The number of carbonyl (C=O) groups excluding carboxylic acids is 2. The van der Waals surface area contributed by atoms with Gasteiger partial charge < -0.3 is 22.1 Å². The summed E-state index contributed by atoms with van der Waals surface area (Å²) >= 11 is 0. The lowest BCUT2D eigenvalue weighted by Crippen LogP contribution is -2.58. The predicted molar refractivity (Wildman–Crippen MR) is 214 cm³/mol. The third-order valence-corrected chi connectivity index (χ3v) is 9.72. The zero-order valence-electron chi connectivity index (χ0n) is 30.6. The van der Waals surface area contributed by atoms with Gasteiger partial charge in [-0.3, -0.25) is 14.6 Å². The summed E-state index contributed by atoms with van der Waals surface area (Å²) in [6, 6.07) is 44.0. The van der Waals surface area contributed by atoms with E-state index in [9.17, 15) is 14.4 Å². The molecule has 12 heteroatoms. The second kappa shape index (κ2) is 16.8. The molecule has 0 saturated heterocycles. The molecule has 1 atom stereocenters. The van der Waals surface area contributed by atoms with Gasteiger partial charge in [0.15, 0.2) is 5.96 Å². The lowest BCUT2D eigenvalue weighted by Gasteiger charge is -2.41. The number of rotatable bonds is 15. The molecule has 280 valence electrons. The number of benzene rings is 5. The van der Waals surface area contributed by atoms with Crippen molar-refractivity contribution in [2.75, 3.05) is 6.54 Å². The van der Waals surface area contributed by atoms with E-state index >= 15 is 4.79 Å². The number of nitrogens with two attached hydrogens (primary N) is 3. The molecule has 1 aromatic heterocycles. The van der Waals surface area contributed by atoms with Gasteiger partial charge in [-0.1, -0.05) is 121 Å². The summed E-state index contributed by atoms with van der Waals surface area (Å²) in [6.07, 6.45) is 0.555. The molecule has 0 aliphatic heterocycles. The van der Waals surface area contributed by atoms with Gasteiger partial charge in [0.2, 0.25) is 11.8 Å². The number of para-hydroxylation sites is 2. The summed E-state index contributed by atoms with van der Waals surface area (Å²) in [4.78, 5) is 62.3. The van der Waals surface area contributed by atoms with Crippen molar-refractivity contribution in [1.82, 2.24) is 18.8 Å². The second-order valence-corrected chi connectivity index (χ2v) is 13.5. The molecule has 12 nitrogen and oxygen atoms in total. The van der Waals surface area contributed by atoms with Crippen LogP contribution in [-0.2, 0) is 22.7 Å². The third-order valence-electron chi connectivity index (χ3n) is 9.72. The van der Waals surface area contributed by atoms with Crippen molar-refractivity contribution in [2.45, 2.75) is 44.3 Å². The van der Waals surface area contributed by atoms with E-state index in [2.05, 4.69) is 4.99 Å². The SMILES string of the molecule is C[C@@](CCCN=C(N)N)(C(N)=O)N(Cc1cccc(Cn2c(=O)n(-c3ccccc3)n(-c3ccccc3)c2=O)c1)C(=O)C(c1ccccc1)c1ccccc1. The Morgan fingerprint density at radius 2 is 1.15 bits per heavy atom. The van der Waals surface area contributed by atoms with Crippen molar-refractivity contribution in [2.24, 2.45) is 22.2 Å². The molecule has 6 N–H and O–H groups in total. The number of aromatic nitrogens is 3. The molecule has 0 aliphatic carbocycles. The lowest BCUT2D eigenvalue weighted by atomic mass is 9.85. The fourth-order valence-electron chi connectivity index (χ4n) is 6.84. The zero-order valence-corrected chi connectivity index (χ0v) is 30.6. The van der Waals surface area contributed by atoms with Crippen molar-refractivity contribution >= 4 is 17.8 Å². The van der Waals surface area contributed by atoms with Gasteiger partial charge >= 0.3 is 11.4 Å². The summed E-state index contributed by atoms with van der Waals surface area (Å²) in [5.74, 6) is -1.84. The van der Waals surface area contributed by atoms with Crippen molar-refractivity contribution in [3.05, 3.63) is 189 Å². The highest BCUT2D eigenvalue weighted by molar-refractivity contribution is 5.94. The number of nitrogens with zero attached hydrogens (tertiary/aromatic N) is 5. The molecule has 0 radical (unpaired) electrons. The largest absolute Gasteiger partial charge is 0.370 e. The van der Waals surface area contributed by atoms with Crippen LogP contribution in [0.4, 0.5) is 0 Å². The number of carbonyl (C=O) groups is 2. The summed E-state index contributed by atoms with van der Waals surface area (Å²) in [6.45, 7) is 1.85. The molecule has 6 rings (SSSR count). The maximum absolute atomic E-state index is 15.1. The van der Waals surface area contributed by atoms with E-state index in [4.69, 9.17) is 17.2 Å². The Kier molecular flexibility index (Phi) is 11.5. The predicted octanol–water partition coefficient (Wildman–Crippen LogP) is 4.30. The zero-order chi connectivity index (χ0) is 39.0. The van der Waals surface area contributed by atoms with E-state index in [0.717, 1.165) is 11.1 Å². The Morgan fingerprint density at radius 3 is 1.62 bits per heavy atom. The van der Waals surface area contributed by atoms with Crippen LogP contribution in [-0.4, -0.2) is 48.7 Å². The van der Waals surface area contributed by atoms with Crippen LogP contribution in [0.3, 0.4) is 0 Å². The summed E-state index contributed by atoms with van der Waals surface area (Å²) < 4.78 is 3.89. The van der Waals surface area contributed by atoms with E-state index in [0.29, 0.717) is 28.9 Å². The van der Waals surface area contributed by atoms with Crippen molar-refractivity contribution in [3.63, 3.8) is 0 Å². The van der Waals surface area contributed by atoms with Gasteiger partial charge in [0.1, 0.15) is 5.54 Å². The van der Waals surface area contributed by atoms with Crippen molar-refractivity contribution in [3.8, 4) is 11.4 Å². The highest BCUT2D eigenvalue weighted by atomic mass is 16.2. The minimum atomic E-state index is -1.46. The average Bonchev–Trinajstić information content (AvgIpc) is 3.45. The minimum Gasteiger partial charge on any atom is -0.370 e. The smallest absolute Gasteiger partial charge is 0.352 e. The van der Waals surface area contributed by atoms with E-state index in [1.807, 2.05) is 91.0 Å². The molecule has 5 aromatic carbocycles. The maximum atomic E-state index is 15.1. The highest BCUT2D eigenvalue weighted by Gasteiger charge is 2.43. The van der Waals surface area contributed by atoms with Crippen LogP contribution in [0.5, 0.6) is 0 Å². The topological polar surface area (TPSA) is 177 Å². The standard InChI is InChI=1S/C43H44N8O4/c1-43(39(44)53,26-15-27-47-40(45)46)49(38(52)37(33-18-6-2-7-19-33)34-20-8-3-9-21-34)30-32-17-14-16-31(28-32)29-48-41(54)50(35-22-10-4-11-23-35)51(42(48)55)36-24-12-5-13-25-36/h2-14,16-25,28,37H,15,26-27,29-30H2,1H3,(H2,44,53)(H4,45,46,47)/t43-/m1/s1. The number of aliphatic imine (C=N–C) groups is 1. The number of primary amides is 1. The molecule has 55 heavy (non-hydrogen) atoms. The van der Waals surface area contributed by atoms with Gasteiger partial charge in [-0.2, -0.15) is 9.36 Å². The lowest BCUT2D eigenvalue weighted by molar-refractivity contribution is -0.147. The van der Waals surface area contributed by atoms with Gasteiger partial charge in [-0.15, -0.1) is 0 Å². The second-order valence-electron chi connectivity index (χ2n) is 13.5. The molecular formula is C43H44N8O4. The number of amides is 2. The van der Waals surface area contributed by atoms with Crippen LogP contribution < -0.4 is 28.6 Å². The van der Waals surface area contributed by atoms with E-state index in [1.165, 1.54) is 18.8 Å². The fraction of sp³-hybridized carbons (Fsp3) is 0.186. The van der Waals surface area contributed by atoms with Gasteiger partial charge in [0.05, 0.1) is 23.8 Å². The minimum absolute atomic E-state index is 0.00124. The maximum Gasteiger partial charge on any atom is 0.352 e. The van der Waals surface area contributed by atoms with Crippen LogP contribution in [0.2, 0.25) is 0 Å². The Balaban J connectivity index is 1.41. The van der Waals surface area contributed by atoms with Gasteiger partial charge in [0, 0.05) is 13.1 Å². The van der Waals surface area contributed by atoms with Crippen LogP contribution >= 0.6 is 0 Å². The van der Waals surface area contributed by atoms with Gasteiger partial charge in [0.25, 0.3) is 0 Å². The van der Waals surface area contributed by atoms with Crippen LogP contribution in [0.25, 0.3) is 11.4 Å². The molecule has 0 unspecified atom stereocenters. The van der Waals surface area contributed by atoms with Gasteiger partial charge in [-0.25, -0.2) is 14.2 Å². The van der Waals surface area contributed by atoms with E-state index in [1.54, 1.807) is 61.5 Å². The molecule has 6 aromatic rings. The van der Waals surface area contributed by atoms with Gasteiger partial charge in [-0.05, 0) is 66.3 Å². The van der Waals surface area contributed by atoms with Crippen LogP contribution in [0.15, 0.2) is 160 Å². The molecule has 0 spiro atoms. The number of hydrogen-bond donors (Lipinski definition) is 3. The fourth-order valence-corrected chi connectivity index (χ4v) is 6.84. The molecule has 0 fully saturated rings. The molecule has 1 heterocycles. The Labute approximate surface area is 318 Å². The van der Waals surface area contributed by atoms with Crippen molar-refractivity contribution < 1.29 is 9.59 Å². The molecule has 0 saturated carbocycles. The Hall–Kier alpha value is -6.95. The molecular weight excluding hydrogens is 693 g/mol. The first kappa shape index (κ1) is 37.8. The average molecular weight is 737 g/mol. The Morgan fingerprint density at radius 1 is 0.673 bits per heavy atom. The summed E-state index contributed by atoms with van der Waals surface area (Å²) in [5.41, 5.74) is 18.7. The van der Waals surface area contributed by atoms with Crippen LogP contribution in [0, 0.1) is 0 Å². The highest BCUT2D eigenvalue weighted by Crippen LogP contribution is 2.33. The first-order valence-electron chi connectivity index (χ1n) is 18.0. The molecule has 0 bridgehead atoms. The van der Waals surface area contributed by atoms with E-state index < -0.39 is 28.7 Å². The first-order valence-corrected chi connectivity index (χ1v) is 18.0.